The van der Waals surface area contributed by atoms with Crippen LogP contribution < -0.4 is 9.63 Å². The fourth-order valence-corrected chi connectivity index (χ4v) is 4.20. The van der Waals surface area contributed by atoms with Gasteiger partial charge < -0.3 is 10.1 Å². The van der Waals surface area contributed by atoms with Crippen molar-refractivity contribution in [2.75, 3.05) is 23.0 Å². The first kappa shape index (κ1) is 21.7. The van der Waals surface area contributed by atoms with E-state index in [9.17, 15) is 27.6 Å². The van der Waals surface area contributed by atoms with Crippen LogP contribution in [0.25, 0.3) is 10.6 Å². The summed E-state index contributed by atoms with van der Waals surface area (Å²) in [5, 5.41) is 11.9. The summed E-state index contributed by atoms with van der Waals surface area (Å²) in [7, 11) is 0. The summed E-state index contributed by atoms with van der Waals surface area (Å²) >= 11 is 7.70. The molecule has 0 saturated heterocycles. The van der Waals surface area contributed by atoms with Crippen molar-refractivity contribution < 1.29 is 27.1 Å². The van der Waals surface area contributed by atoms with Crippen LogP contribution >= 0.6 is 34.7 Å². The molecule has 2 aromatic heterocycles. The Bertz CT molecular complexity index is 797. The number of aromatic nitrogens is 2. The van der Waals surface area contributed by atoms with Gasteiger partial charge in [-0.15, -0.1) is 0 Å². The summed E-state index contributed by atoms with van der Waals surface area (Å²) in [4.78, 5) is 17.7. The van der Waals surface area contributed by atoms with Gasteiger partial charge in [0.2, 0.25) is 12.1 Å². The molecule has 5 nitrogen and oxygen atoms in total. The summed E-state index contributed by atoms with van der Waals surface area (Å²) in [6.07, 6.45) is -2.51. The molecule has 0 N–H and O–H groups in total. The van der Waals surface area contributed by atoms with E-state index in [0.717, 1.165) is 29.8 Å². The van der Waals surface area contributed by atoms with Gasteiger partial charge in [-0.1, -0.05) is 22.9 Å². The number of hydrogen-bond donors (Lipinski definition) is 0. The minimum Gasteiger partial charge on any atom is -0.619 e. The van der Waals surface area contributed by atoms with E-state index in [0.29, 0.717) is 21.5 Å². The third-order valence-corrected chi connectivity index (χ3v) is 5.74. The first-order valence-corrected chi connectivity index (χ1v) is 9.96. The molecule has 0 spiro atoms. The molecule has 0 saturated carbocycles. The Morgan fingerprint density at radius 3 is 2.74 bits per heavy atom. The minimum absolute atomic E-state index is 0.00476. The van der Waals surface area contributed by atoms with Crippen molar-refractivity contribution in [3.8, 4) is 10.6 Å². The highest BCUT2D eigenvalue weighted by atomic mass is 35.5. The number of pyridine rings is 1. The van der Waals surface area contributed by atoms with Crippen LogP contribution in [0.4, 0.5) is 22.6 Å². The molecule has 0 aliphatic rings. The van der Waals surface area contributed by atoms with E-state index in [-0.39, 0.29) is 34.4 Å². The Morgan fingerprint density at radius 2 is 2.15 bits per heavy atom. The van der Waals surface area contributed by atoms with Crippen LogP contribution in [-0.2, 0) is 4.79 Å². The average Bonchev–Trinajstić information content (AvgIpc) is 2.92. The minimum atomic E-state index is -4.28. The first-order chi connectivity index (χ1) is 12.6. The summed E-state index contributed by atoms with van der Waals surface area (Å²) in [5.74, 6) is -2.16. The van der Waals surface area contributed by atoms with Crippen LogP contribution in [0.3, 0.4) is 0 Å². The second-order valence-corrected chi connectivity index (χ2v) is 7.71. The fraction of sp³-hybridized carbons (Fsp3) is 0.400. The predicted octanol–water partition coefficient (Wildman–Crippen LogP) is 4.27. The van der Waals surface area contributed by atoms with Crippen LogP contribution in [0.15, 0.2) is 18.5 Å². The Hall–Kier alpha value is -1.59. The maximum atomic E-state index is 13.4. The largest absolute Gasteiger partial charge is 0.619 e. The maximum Gasteiger partial charge on any atom is 0.397 e. The van der Waals surface area contributed by atoms with Crippen molar-refractivity contribution in [1.82, 2.24) is 4.98 Å². The molecule has 1 amide bonds. The van der Waals surface area contributed by atoms with Gasteiger partial charge in [0.25, 0.3) is 0 Å². The van der Waals surface area contributed by atoms with E-state index in [2.05, 4.69) is 4.98 Å². The number of hydrogen-bond acceptors (Lipinski definition) is 5. The lowest BCUT2D eigenvalue weighted by atomic mass is 10.3. The van der Waals surface area contributed by atoms with E-state index in [1.54, 1.807) is 6.92 Å². The lowest BCUT2D eigenvalue weighted by Crippen LogP contribution is -2.30. The normalized spacial score (nSPS) is 11.6. The van der Waals surface area contributed by atoms with Crippen LogP contribution in [0, 0.1) is 11.0 Å². The third kappa shape index (κ3) is 6.22. The van der Waals surface area contributed by atoms with Gasteiger partial charge in [-0.25, -0.2) is 9.37 Å². The average molecular weight is 444 g/mol. The van der Waals surface area contributed by atoms with Gasteiger partial charge in [-0.05, 0) is 13.0 Å². The molecule has 0 radical (unpaired) electrons. The maximum absolute atomic E-state index is 13.4. The van der Waals surface area contributed by atoms with E-state index < -0.39 is 23.7 Å². The zero-order valence-electron chi connectivity index (χ0n) is 13.9. The highest BCUT2D eigenvalue weighted by molar-refractivity contribution is 7.99. The topological polar surface area (TPSA) is 60.1 Å². The van der Waals surface area contributed by atoms with Gasteiger partial charge in [0.05, 0.1) is 11.3 Å². The molecule has 148 valence electrons. The van der Waals surface area contributed by atoms with Crippen LogP contribution in [0.1, 0.15) is 13.3 Å². The number of carbonyl (C=O) groups is 1. The van der Waals surface area contributed by atoms with Gasteiger partial charge >= 0.3 is 6.18 Å². The number of nitrogens with zero attached hydrogens (tertiary/aromatic N) is 3. The van der Waals surface area contributed by atoms with E-state index >= 15 is 0 Å². The number of rotatable bonds is 7. The van der Waals surface area contributed by atoms with Gasteiger partial charge in [0.1, 0.15) is 10.0 Å². The van der Waals surface area contributed by atoms with Crippen molar-refractivity contribution in [3.05, 3.63) is 34.6 Å². The number of amides is 1. The fourth-order valence-electron chi connectivity index (χ4n) is 2.13. The molecule has 0 aliphatic heterocycles. The van der Waals surface area contributed by atoms with Gasteiger partial charge in [0, 0.05) is 18.7 Å². The Kier molecular flexibility index (Phi) is 7.29. The highest BCUT2D eigenvalue weighted by Gasteiger charge is 2.27. The van der Waals surface area contributed by atoms with Crippen molar-refractivity contribution in [3.63, 3.8) is 0 Å². The van der Waals surface area contributed by atoms with Crippen LogP contribution in [0.2, 0.25) is 5.15 Å². The van der Waals surface area contributed by atoms with Crippen molar-refractivity contribution >= 4 is 45.6 Å². The molecule has 2 heterocycles. The van der Waals surface area contributed by atoms with Crippen molar-refractivity contribution in [2.45, 2.75) is 19.5 Å². The number of thiazole rings is 1. The molecule has 0 aliphatic carbocycles. The molecule has 0 unspecified atom stereocenters. The smallest absolute Gasteiger partial charge is 0.397 e. The molecular formula is C15H14ClF4N3O2S2. The van der Waals surface area contributed by atoms with E-state index in [1.165, 1.54) is 4.90 Å². The number of halogens is 5. The lowest BCUT2D eigenvalue weighted by Gasteiger charge is -2.19. The predicted molar refractivity (Wildman–Crippen MR) is 97.5 cm³/mol. The van der Waals surface area contributed by atoms with Crippen LogP contribution in [-0.4, -0.2) is 35.1 Å². The van der Waals surface area contributed by atoms with Crippen molar-refractivity contribution in [1.29, 1.82) is 0 Å². The molecule has 2 rings (SSSR count). The van der Waals surface area contributed by atoms with Crippen LogP contribution in [0.5, 0.6) is 0 Å². The molecular weight excluding hydrogens is 430 g/mol. The summed E-state index contributed by atoms with van der Waals surface area (Å²) in [6.45, 7) is 1.92. The second-order valence-electron chi connectivity index (χ2n) is 5.27. The summed E-state index contributed by atoms with van der Waals surface area (Å²) in [5.41, 5.74) is 0.201. The van der Waals surface area contributed by atoms with E-state index in [1.807, 2.05) is 0 Å². The SMILES string of the molecule is CCN(C(=O)CCSCC(F)(F)F)c1sc(-c2cc(F)c[n+]([O-])c2)nc1Cl. The highest BCUT2D eigenvalue weighted by Crippen LogP contribution is 2.37. The zero-order chi connectivity index (χ0) is 20.2. The third-order valence-electron chi connectivity index (χ3n) is 3.22. The molecule has 2 aromatic rings. The monoisotopic (exact) mass is 443 g/mol. The quantitative estimate of drug-likeness (QED) is 0.277. The molecule has 12 heteroatoms. The van der Waals surface area contributed by atoms with Crippen molar-refractivity contribution in [2.24, 2.45) is 0 Å². The zero-order valence-corrected chi connectivity index (χ0v) is 16.3. The Labute approximate surface area is 165 Å². The first-order valence-electron chi connectivity index (χ1n) is 7.61. The number of thioether (sulfide) groups is 1. The Morgan fingerprint density at radius 1 is 1.44 bits per heavy atom. The van der Waals surface area contributed by atoms with Gasteiger partial charge in [-0.2, -0.15) is 29.7 Å². The summed E-state index contributed by atoms with van der Waals surface area (Å²) < 4.78 is 50.2. The number of carbonyl (C=O) groups excluding carboxylic acids is 1. The molecule has 0 fully saturated rings. The molecule has 0 bridgehead atoms. The lowest BCUT2D eigenvalue weighted by molar-refractivity contribution is -0.606. The molecule has 0 atom stereocenters. The van der Waals surface area contributed by atoms with E-state index in [4.69, 9.17) is 11.6 Å². The summed E-state index contributed by atoms with van der Waals surface area (Å²) in [6, 6.07) is 1.11. The number of alkyl halides is 3. The standard InChI is InChI=1S/C15H14ClF4N3O2S2/c1-2-23(11(24)3-4-26-8-15(18,19)20)14-12(16)21-13(27-14)9-5-10(17)7-22(25)6-9/h5-7H,2-4,8H2,1H3. The number of anilines is 1. The second kappa shape index (κ2) is 9.07. The molecule has 0 aromatic carbocycles. The van der Waals surface area contributed by atoms with Gasteiger partial charge in [0.15, 0.2) is 17.2 Å². The molecule has 27 heavy (non-hydrogen) atoms. The van der Waals surface area contributed by atoms with Gasteiger partial charge in [-0.3, -0.25) is 4.79 Å². The Balaban J connectivity index is 2.13.